The fourth-order valence-corrected chi connectivity index (χ4v) is 3.41. The quantitative estimate of drug-likeness (QED) is 0.786. The first kappa shape index (κ1) is 16.9. The zero-order valence-corrected chi connectivity index (χ0v) is 13.5. The lowest BCUT2D eigenvalue weighted by Gasteiger charge is -2.17. The number of benzene rings is 1. The van der Waals surface area contributed by atoms with Crippen LogP contribution in [0.4, 0.5) is 0 Å². The Morgan fingerprint density at radius 2 is 2.23 bits per heavy atom. The minimum absolute atomic E-state index is 0. The lowest BCUT2D eigenvalue weighted by molar-refractivity contribution is 0.0854. The summed E-state index contributed by atoms with van der Waals surface area (Å²) in [5, 5.41) is 15.6. The predicted molar refractivity (Wildman–Crippen MR) is 88.5 cm³/mol. The molecule has 0 unspecified atom stereocenters. The number of aliphatic hydroxyl groups is 1. The summed E-state index contributed by atoms with van der Waals surface area (Å²) >= 11 is 1.43. The molecule has 1 aromatic carbocycles. The molecule has 1 heterocycles. The normalized spacial score (nSPS) is 19.4. The summed E-state index contributed by atoms with van der Waals surface area (Å²) < 4.78 is 0. The Hall–Kier alpha value is -1.47. The molecule has 1 amide bonds. The molecule has 118 valence electrons. The van der Waals surface area contributed by atoms with Gasteiger partial charge in [0, 0.05) is 18.2 Å². The molecule has 2 atom stereocenters. The molecule has 7 heteroatoms. The number of hydrogen-bond acceptors (Lipinski definition) is 5. The van der Waals surface area contributed by atoms with Crippen molar-refractivity contribution in [1.82, 2.24) is 10.3 Å². The van der Waals surface area contributed by atoms with Gasteiger partial charge in [-0.25, -0.2) is 4.98 Å². The van der Waals surface area contributed by atoms with Crippen LogP contribution in [0.15, 0.2) is 29.6 Å². The summed E-state index contributed by atoms with van der Waals surface area (Å²) in [6.45, 7) is 0.517. The molecule has 0 radical (unpaired) electrons. The van der Waals surface area contributed by atoms with E-state index >= 15 is 0 Å². The number of nitrogens with zero attached hydrogens (tertiary/aromatic N) is 1. The number of thiazole rings is 1. The minimum atomic E-state index is -0.589. The average Bonchev–Trinajstić information content (AvgIpc) is 3.05. The molecule has 22 heavy (non-hydrogen) atoms. The van der Waals surface area contributed by atoms with Crippen LogP contribution in [0.1, 0.15) is 32.7 Å². The molecule has 0 saturated carbocycles. The highest BCUT2D eigenvalue weighted by atomic mass is 35.5. The van der Waals surface area contributed by atoms with Crippen LogP contribution < -0.4 is 11.1 Å². The molecule has 0 spiro atoms. The van der Waals surface area contributed by atoms with E-state index in [-0.39, 0.29) is 24.4 Å². The standard InChI is InChI=1S/C15H17N3O2S.ClH/c16-6-5-13-17-11(8-21-13)15(20)18-14-10-4-2-1-3-9(10)7-12(14)19;/h1-4,8,12,14,19H,5-7,16H2,(H,18,20);1H/t12-,14+;/m1./s1. The van der Waals surface area contributed by atoms with Gasteiger partial charge in [-0.15, -0.1) is 23.7 Å². The first-order valence-electron chi connectivity index (χ1n) is 6.90. The van der Waals surface area contributed by atoms with Gasteiger partial charge < -0.3 is 16.2 Å². The van der Waals surface area contributed by atoms with Gasteiger partial charge in [-0.3, -0.25) is 4.79 Å². The monoisotopic (exact) mass is 339 g/mol. The van der Waals surface area contributed by atoms with Crippen molar-refractivity contribution in [1.29, 1.82) is 0 Å². The van der Waals surface area contributed by atoms with Gasteiger partial charge in [-0.05, 0) is 17.7 Å². The maximum Gasteiger partial charge on any atom is 0.271 e. The number of nitrogens with one attached hydrogen (secondary N) is 1. The van der Waals surface area contributed by atoms with Crippen molar-refractivity contribution in [3.63, 3.8) is 0 Å². The van der Waals surface area contributed by atoms with Crippen LogP contribution in [-0.4, -0.2) is 28.6 Å². The second-order valence-corrected chi connectivity index (χ2v) is 6.03. The second-order valence-electron chi connectivity index (χ2n) is 5.09. The van der Waals surface area contributed by atoms with Crippen molar-refractivity contribution in [3.8, 4) is 0 Å². The number of aromatic nitrogens is 1. The number of halogens is 1. The van der Waals surface area contributed by atoms with E-state index in [1.807, 2.05) is 24.3 Å². The van der Waals surface area contributed by atoms with Gasteiger partial charge in [-0.2, -0.15) is 0 Å². The third-order valence-electron chi connectivity index (χ3n) is 3.63. The van der Waals surface area contributed by atoms with Crippen LogP contribution in [0.2, 0.25) is 0 Å². The molecule has 0 fully saturated rings. The Morgan fingerprint density at radius 3 is 3.00 bits per heavy atom. The maximum absolute atomic E-state index is 12.3. The topological polar surface area (TPSA) is 88.2 Å². The molecule has 5 nitrogen and oxygen atoms in total. The third-order valence-corrected chi connectivity index (χ3v) is 4.54. The summed E-state index contributed by atoms with van der Waals surface area (Å²) in [5.74, 6) is -0.254. The van der Waals surface area contributed by atoms with E-state index in [1.54, 1.807) is 5.38 Å². The SMILES string of the molecule is Cl.NCCc1nc(C(=O)N[C@H]2c3ccccc3C[C@H]2O)cs1. The Bertz CT molecular complexity index is 662. The van der Waals surface area contributed by atoms with Gasteiger partial charge in [0.2, 0.25) is 0 Å². The van der Waals surface area contributed by atoms with Crippen LogP contribution in [0.3, 0.4) is 0 Å². The molecule has 0 bridgehead atoms. The lowest BCUT2D eigenvalue weighted by Crippen LogP contribution is -2.34. The Balaban J connectivity index is 0.00000176. The van der Waals surface area contributed by atoms with Crippen molar-refractivity contribution in [2.75, 3.05) is 6.54 Å². The number of fused-ring (bicyclic) bond motifs is 1. The van der Waals surface area contributed by atoms with Gasteiger partial charge in [0.25, 0.3) is 5.91 Å². The summed E-state index contributed by atoms with van der Waals surface area (Å²) in [6.07, 6.45) is 0.650. The van der Waals surface area contributed by atoms with E-state index < -0.39 is 6.10 Å². The Kier molecular flexibility index (Phi) is 5.52. The molecule has 1 aliphatic carbocycles. The van der Waals surface area contributed by atoms with Crippen molar-refractivity contribution in [2.24, 2.45) is 5.73 Å². The van der Waals surface area contributed by atoms with Gasteiger partial charge in [0.1, 0.15) is 5.69 Å². The fraction of sp³-hybridized carbons (Fsp3) is 0.333. The number of rotatable bonds is 4. The van der Waals surface area contributed by atoms with E-state index in [9.17, 15) is 9.90 Å². The summed E-state index contributed by atoms with van der Waals surface area (Å²) in [7, 11) is 0. The molecule has 1 aromatic heterocycles. The zero-order chi connectivity index (χ0) is 14.8. The zero-order valence-electron chi connectivity index (χ0n) is 11.9. The van der Waals surface area contributed by atoms with E-state index in [1.165, 1.54) is 11.3 Å². The number of hydrogen-bond donors (Lipinski definition) is 3. The first-order valence-corrected chi connectivity index (χ1v) is 7.78. The molecule has 4 N–H and O–H groups in total. The number of amides is 1. The predicted octanol–water partition coefficient (Wildman–Crippen LogP) is 1.45. The van der Waals surface area contributed by atoms with Crippen molar-refractivity contribution in [2.45, 2.75) is 25.0 Å². The highest BCUT2D eigenvalue weighted by Crippen LogP contribution is 2.31. The molecular weight excluding hydrogens is 322 g/mol. The Labute approximate surface area is 139 Å². The van der Waals surface area contributed by atoms with Crippen LogP contribution in [0.25, 0.3) is 0 Å². The highest BCUT2D eigenvalue weighted by Gasteiger charge is 2.32. The molecule has 0 saturated heterocycles. The molecule has 3 rings (SSSR count). The van der Waals surface area contributed by atoms with Gasteiger partial charge in [0.15, 0.2) is 0 Å². The smallest absolute Gasteiger partial charge is 0.271 e. The third kappa shape index (κ3) is 3.30. The van der Waals surface area contributed by atoms with E-state index in [0.717, 1.165) is 16.1 Å². The largest absolute Gasteiger partial charge is 0.390 e. The number of nitrogens with two attached hydrogens (primary N) is 1. The number of carbonyl (C=O) groups excluding carboxylic acids is 1. The van der Waals surface area contributed by atoms with Crippen LogP contribution in [0.5, 0.6) is 0 Å². The van der Waals surface area contributed by atoms with Crippen molar-refractivity contribution in [3.05, 3.63) is 51.5 Å². The number of carbonyl (C=O) groups is 1. The Morgan fingerprint density at radius 1 is 1.45 bits per heavy atom. The van der Waals surface area contributed by atoms with E-state index in [2.05, 4.69) is 10.3 Å². The first-order chi connectivity index (χ1) is 10.2. The van der Waals surface area contributed by atoms with Crippen LogP contribution >= 0.6 is 23.7 Å². The van der Waals surface area contributed by atoms with E-state index in [4.69, 9.17) is 5.73 Å². The summed E-state index contributed by atoms with van der Waals surface area (Å²) in [6, 6.07) is 7.41. The van der Waals surface area contributed by atoms with Crippen LogP contribution in [-0.2, 0) is 12.8 Å². The van der Waals surface area contributed by atoms with E-state index in [0.29, 0.717) is 25.1 Å². The second kappa shape index (κ2) is 7.19. The fourth-order valence-electron chi connectivity index (χ4n) is 2.62. The van der Waals surface area contributed by atoms with Gasteiger partial charge in [0.05, 0.1) is 17.2 Å². The van der Waals surface area contributed by atoms with Crippen molar-refractivity contribution < 1.29 is 9.90 Å². The summed E-state index contributed by atoms with van der Waals surface area (Å²) in [4.78, 5) is 16.5. The van der Waals surface area contributed by atoms with Crippen LogP contribution in [0, 0.1) is 0 Å². The molecular formula is C15H18ClN3O2S. The number of aliphatic hydroxyl groups excluding tert-OH is 1. The van der Waals surface area contributed by atoms with Gasteiger partial charge in [-0.1, -0.05) is 24.3 Å². The molecule has 2 aromatic rings. The van der Waals surface area contributed by atoms with Crippen molar-refractivity contribution >= 4 is 29.7 Å². The summed E-state index contributed by atoms with van der Waals surface area (Å²) in [5.41, 5.74) is 7.93. The van der Waals surface area contributed by atoms with Gasteiger partial charge >= 0.3 is 0 Å². The minimum Gasteiger partial charge on any atom is -0.390 e. The highest BCUT2D eigenvalue weighted by molar-refractivity contribution is 7.09. The maximum atomic E-state index is 12.3. The molecule has 1 aliphatic rings. The molecule has 0 aliphatic heterocycles. The lowest BCUT2D eigenvalue weighted by atomic mass is 10.1. The average molecular weight is 340 g/mol.